The molecule has 80 valence electrons. The summed E-state index contributed by atoms with van der Waals surface area (Å²) in [4.78, 5) is 6.23. The van der Waals surface area contributed by atoms with E-state index in [9.17, 15) is 4.39 Å². The molecule has 0 bridgehead atoms. The van der Waals surface area contributed by atoms with Crippen LogP contribution in [0.15, 0.2) is 36.7 Å². The Morgan fingerprint density at radius 1 is 1.12 bits per heavy atom. The van der Waals surface area contributed by atoms with E-state index < -0.39 is 0 Å². The van der Waals surface area contributed by atoms with Crippen molar-refractivity contribution in [3.8, 4) is 11.3 Å². The number of aromatic nitrogens is 2. The number of halogens is 1. The van der Waals surface area contributed by atoms with Gasteiger partial charge in [-0.15, -0.1) is 0 Å². The van der Waals surface area contributed by atoms with Crippen molar-refractivity contribution in [2.24, 2.45) is 0 Å². The first-order valence-electron chi connectivity index (χ1n) is 5.17. The van der Waals surface area contributed by atoms with Gasteiger partial charge in [0.1, 0.15) is 5.82 Å². The lowest BCUT2D eigenvalue weighted by Gasteiger charge is -1.99. The summed E-state index contributed by atoms with van der Waals surface area (Å²) in [7, 11) is 0. The third kappa shape index (κ3) is 1.18. The van der Waals surface area contributed by atoms with Crippen LogP contribution < -0.4 is 0 Å². The summed E-state index contributed by atoms with van der Waals surface area (Å²) in [6.07, 6.45) is 3.71. The van der Waals surface area contributed by atoms with Crippen LogP contribution in [0, 0.1) is 12.7 Å². The molecule has 0 atom stereocenters. The highest BCUT2D eigenvalue weighted by Gasteiger charge is 2.12. The van der Waals surface area contributed by atoms with Gasteiger partial charge in [-0.1, -0.05) is 6.07 Å². The number of fused-ring (bicyclic) bond motifs is 1. The molecule has 2 N–H and O–H groups in total. The third-order valence-corrected chi connectivity index (χ3v) is 2.88. The molecule has 0 amide bonds. The van der Waals surface area contributed by atoms with Crippen LogP contribution in [0.3, 0.4) is 0 Å². The van der Waals surface area contributed by atoms with E-state index in [1.165, 1.54) is 6.07 Å². The van der Waals surface area contributed by atoms with E-state index in [0.29, 0.717) is 5.39 Å². The van der Waals surface area contributed by atoms with Crippen molar-refractivity contribution in [2.75, 3.05) is 0 Å². The van der Waals surface area contributed by atoms with Gasteiger partial charge in [-0.05, 0) is 30.7 Å². The smallest absolute Gasteiger partial charge is 0.133 e. The van der Waals surface area contributed by atoms with Gasteiger partial charge in [0.05, 0.1) is 5.69 Å². The maximum absolute atomic E-state index is 13.8. The summed E-state index contributed by atoms with van der Waals surface area (Å²) >= 11 is 0. The second kappa shape index (κ2) is 3.23. The van der Waals surface area contributed by atoms with Crippen LogP contribution >= 0.6 is 0 Å². The van der Waals surface area contributed by atoms with Crippen LogP contribution in [0.2, 0.25) is 0 Å². The predicted molar refractivity (Wildman–Crippen MR) is 62.8 cm³/mol. The lowest BCUT2D eigenvalue weighted by atomic mass is 10.1. The van der Waals surface area contributed by atoms with E-state index >= 15 is 0 Å². The molecule has 0 radical (unpaired) electrons. The molecule has 0 aliphatic heterocycles. The van der Waals surface area contributed by atoms with Gasteiger partial charge in [0, 0.05) is 28.9 Å². The van der Waals surface area contributed by atoms with Crippen molar-refractivity contribution in [1.29, 1.82) is 0 Å². The highest BCUT2D eigenvalue weighted by atomic mass is 19.1. The van der Waals surface area contributed by atoms with Crippen molar-refractivity contribution < 1.29 is 4.39 Å². The molecular weight excluding hydrogens is 203 g/mol. The van der Waals surface area contributed by atoms with Crippen LogP contribution in [0.1, 0.15) is 5.56 Å². The minimum atomic E-state index is -0.192. The predicted octanol–water partition coefficient (Wildman–Crippen LogP) is 3.61. The molecule has 2 nitrogen and oxygen atoms in total. The molecule has 0 spiro atoms. The molecule has 1 aromatic carbocycles. The van der Waals surface area contributed by atoms with Gasteiger partial charge in [-0.2, -0.15) is 0 Å². The van der Waals surface area contributed by atoms with Crippen LogP contribution in [-0.4, -0.2) is 9.97 Å². The Bertz CT molecular complexity index is 649. The Labute approximate surface area is 92.1 Å². The van der Waals surface area contributed by atoms with Crippen molar-refractivity contribution in [3.05, 3.63) is 48.0 Å². The quantitative estimate of drug-likeness (QED) is 0.620. The molecule has 0 saturated carbocycles. The first-order valence-corrected chi connectivity index (χ1v) is 5.17. The van der Waals surface area contributed by atoms with E-state index in [-0.39, 0.29) is 5.82 Å². The van der Waals surface area contributed by atoms with Gasteiger partial charge in [-0.25, -0.2) is 4.39 Å². The first kappa shape index (κ1) is 9.21. The lowest BCUT2D eigenvalue weighted by Crippen LogP contribution is -1.81. The van der Waals surface area contributed by atoms with Crippen molar-refractivity contribution in [1.82, 2.24) is 9.97 Å². The monoisotopic (exact) mass is 214 g/mol. The van der Waals surface area contributed by atoms with E-state index in [1.807, 2.05) is 31.5 Å². The first-order chi connectivity index (χ1) is 7.77. The molecule has 3 aromatic rings. The molecule has 0 fully saturated rings. The van der Waals surface area contributed by atoms with Gasteiger partial charge < -0.3 is 9.97 Å². The van der Waals surface area contributed by atoms with Crippen molar-refractivity contribution in [2.45, 2.75) is 6.92 Å². The molecule has 3 heteroatoms. The van der Waals surface area contributed by atoms with Gasteiger partial charge in [0.15, 0.2) is 0 Å². The van der Waals surface area contributed by atoms with Gasteiger partial charge in [0.25, 0.3) is 0 Å². The number of hydrogen-bond donors (Lipinski definition) is 2. The van der Waals surface area contributed by atoms with Gasteiger partial charge in [0.2, 0.25) is 0 Å². The zero-order chi connectivity index (χ0) is 11.1. The lowest BCUT2D eigenvalue weighted by molar-refractivity contribution is 0.640. The Balaban J connectivity index is 2.37. The average molecular weight is 214 g/mol. The fraction of sp³-hybridized carbons (Fsp3) is 0.0769. The fourth-order valence-corrected chi connectivity index (χ4v) is 2.07. The average Bonchev–Trinajstić information content (AvgIpc) is 2.84. The summed E-state index contributed by atoms with van der Waals surface area (Å²) in [5.74, 6) is -0.192. The normalized spacial score (nSPS) is 11.1. The minimum Gasteiger partial charge on any atom is -0.361 e. The second-order valence-electron chi connectivity index (χ2n) is 3.90. The largest absolute Gasteiger partial charge is 0.361 e. The second-order valence-corrected chi connectivity index (χ2v) is 3.90. The summed E-state index contributed by atoms with van der Waals surface area (Å²) in [5.41, 5.74) is 3.79. The molecule has 2 heterocycles. The zero-order valence-corrected chi connectivity index (χ0v) is 8.84. The number of aromatic amines is 2. The van der Waals surface area contributed by atoms with E-state index in [2.05, 4.69) is 9.97 Å². The van der Waals surface area contributed by atoms with Gasteiger partial charge >= 0.3 is 0 Å². The Hall–Kier alpha value is -2.03. The Kier molecular flexibility index (Phi) is 1.86. The van der Waals surface area contributed by atoms with E-state index in [4.69, 9.17) is 0 Å². The highest BCUT2D eigenvalue weighted by molar-refractivity contribution is 5.95. The van der Waals surface area contributed by atoms with Crippen LogP contribution in [-0.2, 0) is 0 Å². The standard InChI is InChI=1S/C13H11FN2/c1-8-5-6-15-13(8)9-7-16-11-4-2-3-10(14)12(9)11/h2-7,15-16H,1H3. The minimum absolute atomic E-state index is 0.192. The number of benzene rings is 1. The van der Waals surface area contributed by atoms with Gasteiger partial charge in [-0.3, -0.25) is 0 Å². The topological polar surface area (TPSA) is 31.6 Å². The number of H-pyrrole nitrogens is 2. The fourth-order valence-electron chi connectivity index (χ4n) is 2.07. The third-order valence-electron chi connectivity index (χ3n) is 2.88. The number of nitrogens with one attached hydrogen (secondary N) is 2. The van der Waals surface area contributed by atoms with Crippen LogP contribution in [0.5, 0.6) is 0 Å². The Morgan fingerprint density at radius 3 is 2.75 bits per heavy atom. The number of rotatable bonds is 1. The summed E-state index contributed by atoms with van der Waals surface area (Å²) < 4.78 is 13.8. The van der Waals surface area contributed by atoms with E-state index in [0.717, 1.165) is 22.3 Å². The maximum atomic E-state index is 13.8. The molecule has 3 rings (SSSR count). The summed E-state index contributed by atoms with van der Waals surface area (Å²) in [6, 6.07) is 7.05. The Morgan fingerprint density at radius 2 is 2.00 bits per heavy atom. The molecule has 0 aliphatic rings. The molecule has 2 aromatic heterocycles. The maximum Gasteiger partial charge on any atom is 0.133 e. The van der Waals surface area contributed by atoms with Crippen LogP contribution in [0.4, 0.5) is 4.39 Å². The number of aryl methyl sites for hydroxylation is 1. The van der Waals surface area contributed by atoms with Crippen molar-refractivity contribution >= 4 is 10.9 Å². The summed E-state index contributed by atoms with van der Waals surface area (Å²) in [6.45, 7) is 2.01. The molecular formula is C13H11FN2. The molecule has 0 aliphatic carbocycles. The highest BCUT2D eigenvalue weighted by Crippen LogP contribution is 2.31. The van der Waals surface area contributed by atoms with Crippen LogP contribution in [0.25, 0.3) is 22.2 Å². The number of hydrogen-bond acceptors (Lipinski definition) is 0. The zero-order valence-electron chi connectivity index (χ0n) is 8.84. The molecule has 0 saturated heterocycles. The molecule has 16 heavy (non-hydrogen) atoms. The summed E-state index contributed by atoms with van der Waals surface area (Å²) in [5, 5.41) is 0.646. The SMILES string of the molecule is Cc1cc[nH]c1-c1c[nH]c2cccc(F)c12. The van der Waals surface area contributed by atoms with Crippen molar-refractivity contribution in [3.63, 3.8) is 0 Å². The van der Waals surface area contributed by atoms with E-state index in [1.54, 1.807) is 6.07 Å². The molecule has 0 unspecified atom stereocenters.